The summed E-state index contributed by atoms with van der Waals surface area (Å²) in [6.07, 6.45) is 2.04. The van der Waals surface area contributed by atoms with Crippen LogP contribution in [0.1, 0.15) is 25.3 Å². The molecule has 1 aromatic heterocycles. The van der Waals surface area contributed by atoms with Crippen molar-refractivity contribution in [3.63, 3.8) is 0 Å². The first-order valence-electron chi connectivity index (χ1n) is 10.5. The fraction of sp³-hybridized carbons (Fsp3) is 0.348. The second kappa shape index (κ2) is 8.87. The molecule has 8 nitrogen and oxygen atoms in total. The molecular weight excluding hydrogens is 392 g/mol. The molecule has 0 radical (unpaired) electrons. The van der Waals surface area contributed by atoms with Crippen molar-refractivity contribution in [3.8, 4) is 5.75 Å². The van der Waals surface area contributed by atoms with E-state index in [1.165, 1.54) is 0 Å². The van der Waals surface area contributed by atoms with E-state index >= 15 is 0 Å². The topological polar surface area (TPSA) is 108 Å². The number of carbonyl (C=O) groups is 1. The van der Waals surface area contributed by atoms with E-state index in [0.29, 0.717) is 5.95 Å². The molecule has 1 unspecified atom stereocenters. The number of carbonyl (C=O) groups excluding carboxylic acids is 1. The fourth-order valence-electron chi connectivity index (χ4n) is 3.99. The zero-order valence-electron chi connectivity index (χ0n) is 17.8. The number of rotatable bonds is 6. The lowest BCUT2D eigenvalue weighted by Gasteiger charge is -2.37. The van der Waals surface area contributed by atoms with E-state index in [0.717, 1.165) is 60.3 Å². The first-order valence-corrected chi connectivity index (χ1v) is 10.5. The second-order valence-corrected chi connectivity index (χ2v) is 8.11. The van der Waals surface area contributed by atoms with Crippen LogP contribution in [0.4, 0.5) is 17.3 Å². The molecule has 31 heavy (non-hydrogen) atoms. The molecule has 0 saturated carbocycles. The Morgan fingerprint density at radius 2 is 1.81 bits per heavy atom. The number of aromatic nitrogens is 2. The van der Waals surface area contributed by atoms with Crippen molar-refractivity contribution in [2.45, 2.75) is 25.9 Å². The molecular formula is C23H28N6O2. The van der Waals surface area contributed by atoms with Gasteiger partial charge >= 0.3 is 0 Å². The average molecular weight is 421 g/mol. The third kappa shape index (κ3) is 4.45. The van der Waals surface area contributed by atoms with Crippen molar-refractivity contribution in [1.29, 1.82) is 0 Å². The van der Waals surface area contributed by atoms with Gasteiger partial charge in [-0.2, -0.15) is 0 Å². The molecule has 2 aromatic carbocycles. The second-order valence-electron chi connectivity index (χ2n) is 8.11. The number of benzene rings is 2. The molecule has 0 spiro atoms. The van der Waals surface area contributed by atoms with Crippen LogP contribution in [-0.2, 0) is 4.79 Å². The van der Waals surface area contributed by atoms with Crippen molar-refractivity contribution in [2.75, 3.05) is 36.4 Å². The predicted molar refractivity (Wildman–Crippen MR) is 123 cm³/mol. The van der Waals surface area contributed by atoms with Crippen LogP contribution in [0.2, 0.25) is 0 Å². The normalized spacial score (nSPS) is 15.9. The summed E-state index contributed by atoms with van der Waals surface area (Å²) in [7, 11) is 0. The summed E-state index contributed by atoms with van der Waals surface area (Å²) in [5.41, 5.74) is 9.39. The highest BCUT2D eigenvalue weighted by atomic mass is 16.3. The van der Waals surface area contributed by atoms with Crippen LogP contribution in [-0.4, -0.2) is 58.6 Å². The van der Waals surface area contributed by atoms with Crippen molar-refractivity contribution in [2.24, 2.45) is 5.73 Å². The summed E-state index contributed by atoms with van der Waals surface area (Å²) < 4.78 is 0. The maximum atomic E-state index is 10.9. The number of hydrogen-bond donors (Lipinski definition) is 3. The Morgan fingerprint density at radius 3 is 2.45 bits per heavy atom. The van der Waals surface area contributed by atoms with Gasteiger partial charge in [0, 0.05) is 54.7 Å². The number of nitrogens with two attached hydrogens (primary N) is 1. The number of hydrogen-bond acceptors (Lipinski definition) is 8. The van der Waals surface area contributed by atoms with Gasteiger partial charge in [-0.15, -0.1) is 0 Å². The molecule has 2 heterocycles. The van der Waals surface area contributed by atoms with Gasteiger partial charge in [0.05, 0.1) is 5.52 Å². The molecule has 162 valence electrons. The maximum Gasteiger partial charge on any atom is 0.227 e. The average Bonchev–Trinajstić information content (AvgIpc) is 2.78. The Labute approximate surface area is 181 Å². The fourth-order valence-corrected chi connectivity index (χ4v) is 3.99. The largest absolute Gasteiger partial charge is 0.508 e. The third-order valence-corrected chi connectivity index (χ3v) is 5.71. The zero-order chi connectivity index (χ0) is 22.0. The van der Waals surface area contributed by atoms with E-state index in [4.69, 9.17) is 5.73 Å². The first kappa shape index (κ1) is 21.0. The number of piperazine rings is 1. The number of aromatic hydroxyl groups is 1. The standard InChI is InChI=1S/C23H28N6O2/c1-15(2)21-19(31)8-3-16-13-25-23(27-22(16)21)26-17-4-6-18(7-5-17)28-9-11-29(12-10-28)20(24)14-30/h3-8,13-15,20,31H,9-12,24H2,1-2H3,(H,25,26,27). The number of aldehydes is 1. The lowest BCUT2D eigenvalue weighted by Crippen LogP contribution is -2.53. The predicted octanol–water partition coefficient (Wildman–Crippen LogP) is 2.81. The monoisotopic (exact) mass is 420 g/mol. The van der Waals surface area contributed by atoms with E-state index in [-0.39, 0.29) is 11.7 Å². The van der Waals surface area contributed by atoms with E-state index < -0.39 is 6.17 Å². The number of fused-ring (bicyclic) bond motifs is 1. The Balaban J connectivity index is 1.48. The lowest BCUT2D eigenvalue weighted by atomic mass is 9.99. The number of anilines is 3. The van der Waals surface area contributed by atoms with Gasteiger partial charge in [-0.3, -0.25) is 4.90 Å². The molecule has 0 aliphatic carbocycles. The van der Waals surface area contributed by atoms with Gasteiger partial charge in [0.15, 0.2) is 6.29 Å². The molecule has 4 rings (SSSR count). The highest BCUT2D eigenvalue weighted by Crippen LogP contribution is 2.32. The molecule has 0 bridgehead atoms. The maximum absolute atomic E-state index is 10.9. The van der Waals surface area contributed by atoms with E-state index in [1.54, 1.807) is 12.3 Å². The molecule has 1 fully saturated rings. The van der Waals surface area contributed by atoms with Crippen LogP contribution in [0.15, 0.2) is 42.6 Å². The van der Waals surface area contributed by atoms with Crippen LogP contribution in [0.3, 0.4) is 0 Å². The van der Waals surface area contributed by atoms with Gasteiger partial charge in [0.1, 0.15) is 11.9 Å². The van der Waals surface area contributed by atoms with Crippen LogP contribution in [0, 0.1) is 0 Å². The Bertz CT molecular complexity index is 1060. The number of nitrogens with one attached hydrogen (secondary N) is 1. The molecule has 8 heteroatoms. The molecule has 1 saturated heterocycles. The lowest BCUT2D eigenvalue weighted by molar-refractivity contribution is -0.112. The van der Waals surface area contributed by atoms with E-state index in [2.05, 4.69) is 32.3 Å². The smallest absolute Gasteiger partial charge is 0.227 e. The Hall–Kier alpha value is -3.23. The van der Waals surface area contributed by atoms with Gasteiger partial charge in [-0.05, 0) is 42.3 Å². The summed E-state index contributed by atoms with van der Waals surface area (Å²) in [5.74, 6) is 0.891. The molecule has 1 aliphatic heterocycles. The molecule has 4 N–H and O–H groups in total. The van der Waals surface area contributed by atoms with Gasteiger partial charge < -0.3 is 25.9 Å². The summed E-state index contributed by atoms with van der Waals surface area (Å²) >= 11 is 0. The van der Waals surface area contributed by atoms with Crippen LogP contribution < -0.4 is 16.0 Å². The molecule has 1 aliphatic rings. The Morgan fingerprint density at radius 1 is 1.10 bits per heavy atom. The number of nitrogens with zero attached hydrogens (tertiary/aromatic N) is 4. The minimum Gasteiger partial charge on any atom is -0.508 e. The highest BCUT2D eigenvalue weighted by molar-refractivity contribution is 5.85. The quantitative estimate of drug-likeness (QED) is 0.523. The van der Waals surface area contributed by atoms with Gasteiger partial charge in [0.2, 0.25) is 5.95 Å². The molecule has 1 atom stereocenters. The minimum atomic E-state index is -0.520. The minimum absolute atomic E-state index is 0.146. The van der Waals surface area contributed by atoms with Crippen LogP contribution in [0.25, 0.3) is 10.9 Å². The molecule has 0 amide bonds. The summed E-state index contributed by atoms with van der Waals surface area (Å²) in [4.78, 5) is 24.2. The SMILES string of the molecule is CC(C)c1c(O)ccc2cnc(Nc3ccc(N4CCN(C(N)C=O)CC4)cc3)nc12. The summed E-state index contributed by atoms with van der Waals surface area (Å²) in [6, 6.07) is 11.6. The number of phenolic OH excluding ortho intramolecular Hbond substituents is 1. The number of phenols is 1. The van der Waals surface area contributed by atoms with Gasteiger partial charge in [-0.25, -0.2) is 9.97 Å². The van der Waals surface area contributed by atoms with Crippen molar-refractivity contribution in [3.05, 3.63) is 48.2 Å². The van der Waals surface area contributed by atoms with E-state index in [1.807, 2.05) is 36.9 Å². The van der Waals surface area contributed by atoms with Crippen LogP contribution >= 0.6 is 0 Å². The summed E-state index contributed by atoms with van der Waals surface area (Å²) in [5, 5.41) is 14.4. The zero-order valence-corrected chi connectivity index (χ0v) is 17.8. The van der Waals surface area contributed by atoms with Gasteiger partial charge in [0.25, 0.3) is 0 Å². The highest BCUT2D eigenvalue weighted by Gasteiger charge is 2.21. The van der Waals surface area contributed by atoms with Crippen molar-refractivity contribution >= 4 is 34.5 Å². The Kier molecular flexibility index (Phi) is 6.01. The van der Waals surface area contributed by atoms with Crippen molar-refractivity contribution < 1.29 is 9.90 Å². The van der Waals surface area contributed by atoms with E-state index in [9.17, 15) is 9.90 Å². The van der Waals surface area contributed by atoms with Gasteiger partial charge in [-0.1, -0.05) is 13.8 Å². The van der Waals surface area contributed by atoms with Crippen molar-refractivity contribution in [1.82, 2.24) is 14.9 Å². The van der Waals surface area contributed by atoms with Crippen LogP contribution in [0.5, 0.6) is 5.75 Å². The summed E-state index contributed by atoms with van der Waals surface area (Å²) in [6.45, 7) is 7.24. The third-order valence-electron chi connectivity index (χ3n) is 5.71. The molecule has 3 aromatic rings. The first-order chi connectivity index (χ1) is 15.0.